The number of ether oxygens (including phenoxy) is 2. The molecule has 0 radical (unpaired) electrons. The van der Waals surface area contributed by atoms with Crippen LogP contribution in [0, 0.1) is 0 Å². The van der Waals surface area contributed by atoms with Crippen LogP contribution in [-0.4, -0.2) is 17.2 Å². The predicted molar refractivity (Wildman–Crippen MR) is 89.9 cm³/mol. The molecule has 8 heteroatoms. The van der Waals surface area contributed by atoms with Gasteiger partial charge in [-0.1, -0.05) is 11.6 Å². The van der Waals surface area contributed by atoms with Gasteiger partial charge in [-0.05, 0) is 55.8 Å². The SMILES string of the molecule is CC(CCC(=O)O)Oc1ccc(Oc2ccc(C(F)(F)F)cc2Cl)cc1. The van der Waals surface area contributed by atoms with Crippen molar-refractivity contribution in [1.29, 1.82) is 0 Å². The highest BCUT2D eigenvalue weighted by atomic mass is 35.5. The van der Waals surface area contributed by atoms with Gasteiger partial charge in [0.05, 0.1) is 16.7 Å². The monoisotopic (exact) mass is 388 g/mol. The molecule has 26 heavy (non-hydrogen) atoms. The zero-order valence-corrected chi connectivity index (χ0v) is 14.5. The topological polar surface area (TPSA) is 55.8 Å². The second kappa shape index (κ2) is 8.31. The lowest BCUT2D eigenvalue weighted by Crippen LogP contribution is -2.13. The first-order valence-electron chi connectivity index (χ1n) is 7.68. The van der Waals surface area contributed by atoms with Crippen molar-refractivity contribution in [2.75, 3.05) is 0 Å². The number of hydrogen-bond donors (Lipinski definition) is 1. The maximum absolute atomic E-state index is 12.6. The minimum absolute atomic E-state index is 0.00871. The van der Waals surface area contributed by atoms with Crippen LogP contribution in [0.2, 0.25) is 5.02 Å². The molecule has 2 aromatic carbocycles. The van der Waals surface area contributed by atoms with Crippen molar-refractivity contribution in [2.45, 2.75) is 32.0 Å². The summed E-state index contributed by atoms with van der Waals surface area (Å²) in [4.78, 5) is 10.5. The fraction of sp³-hybridized carbons (Fsp3) is 0.278. The van der Waals surface area contributed by atoms with Crippen LogP contribution in [0.1, 0.15) is 25.3 Å². The molecule has 0 aliphatic heterocycles. The molecule has 0 bridgehead atoms. The first-order chi connectivity index (χ1) is 12.1. The molecule has 1 N–H and O–H groups in total. The number of alkyl halides is 3. The Bertz CT molecular complexity index is 760. The third kappa shape index (κ3) is 5.84. The van der Waals surface area contributed by atoms with Crippen LogP contribution < -0.4 is 9.47 Å². The smallest absolute Gasteiger partial charge is 0.416 e. The second-order valence-electron chi connectivity index (χ2n) is 5.58. The molecule has 2 aromatic rings. The van der Waals surface area contributed by atoms with E-state index in [9.17, 15) is 18.0 Å². The Kier molecular flexibility index (Phi) is 6.37. The summed E-state index contributed by atoms with van der Waals surface area (Å²) in [5.41, 5.74) is -0.853. The maximum Gasteiger partial charge on any atom is 0.416 e. The van der Waals surface area contributed by atoms with Gasteiger partial charge in [0.2, 0.25) is 0 Å². The Balaban J connectivity index is 2.00. The molecule has 140 valence electrons. The number of halogens is 4. The number of carboxylic acids is 1. The number of benzene rings is 2. The number of carboxylic acid groups (broad SMARTS) is 1. The number of aliphatic carboxylic acids is 1. The molecule has 0 aromatic heterocycles. The molecule has 0 spiro atoms. The van der Waals surface area contributed by atoms with Crippen LogP contribution in [0.15, 0.2) is 42.5 Å². The van der Waals surface area contributed by atoms with E-state index in [0.717, 1.165) is 18.2 Å². The number of hydrogen-bond acceptors (Lipinski definition) is 3. The number of rotatable bonds is 7. The summed E-state index contributed by atoms with van der Waals surface area (Å²) in [7, 11) is 0. The average molecular weight is 389 g/mol. The van der Waals surface area contributed by atoms with Gasteiger partial charge in [-0.15, -0.1) is 0 Å². The molecule has 0 amide bonds. The Morgan fingerprint density at radius 1 is 1.15 bits per heavy atom. The van der Waals surface area contributed by atoms with Crippen LogP contribution >= 0.6 is 11.6 Å². The lowest BCUT2D eigenvalue weighted by molar-refractivity contribution is -0.138. The Morgan fingerprint density at radius 3 is 2.31 bits per heavy atom. The highest BCUT2D eigenvalue weighted by Crippen LogP contribution is 2.36. The van der Waals surface area contributed by atoms with E-state index in [1.807, 2.05) is 0 Å². The van der Waals surface area contributed by atoms with Gasteiger partial charge in [-0.25, -0.2) is 0 Å². The Labute approximate surface area is 153 Å². The number of carbonyl (C=O) groups is 1. The summed E-state index contributed by atoms with van der Waals surface area (Å²) in [6, 6.07) is 9.24. The molecule has 1 atom stereocenters. The van der Waals surface area contributed by atoms with Crippen LogP contribution in [0.25, 0.3) is 0 Å². The van der Waals surface area contributed by atoms with Crippen LogP contribution in [-0.2, 0) is 11.0 Å². The summed E-state index contributed by atoms with van der Waals surface area (Å²) in [6.07, 6.45) is -4.37. The van der Waals surface area contributed by atoms with E-state index in [1.165, 1.54) is 0 Å². The molecule has 1 unspecified atom stereocenters. The Morgan fingerprint density at radius 2 is 1.77 bits per heavy atom. The fourth-order valence-corrected chi connectivity index (χ4v) is 2.31. The molecule has 0 aliphatic rings. The molecule has 0 heterocycles. The van der Waals surface area contributed by atoms with E-state index in [4.69, 9.17) is 26.2 Å². The predicted octanol–water partition coefficient (Wildman–Crippen LogP) is 5.78. The molecule has 0 fully saturated rings. The van der Waals surface area contributed by atoms with Crippen molar-refractivity contribution in [3.05, 3.63) is 53.1 Å². The highest BCUT2D eigenvalue weighted by Gasteiger charge is 2.31. The summed E-state index contributed by atoms with van der Waals surface area (Å²) in [5, 5.41) is 8.49. The highest BCUT2D eigenvalue weighted by molar-refractivity contribution is 6.32. The minimum atomic E-state index is -4.47. The largest absolute Gasteiger partial charge is 0.491 e. The Hall–Kier alpha value is -2.41. The minimum Gasteiger partial charge on any atom is -0.491 e. The van der Waals surface area contributed by atoms with Gasteiger partial charge in [0.25, 0.3) is 0 Å². The molecule has 4 nitrogen and oxygen atoms in total. The second-order valence-corrected chi connectivity index (χ2v) is 5.98. The normalized spacial score (nSPS) is 12.5. The van der Waals surface area contributed by atoms with Crippen LogP contribution in [0.5, 0.6) is 17.2 Å². The maximum atomic E-state index is 12.6. The first-order valence-corrected chi connectivity index (χ1v) is 8.06. The lowest BCUT2D eigenvalue weighted by Gasteiger charge is -2.14. The quantitative estimate of drug-likeness (QED) is 0.653. The summed E-state index contributed by atoms with van der Waals surface area (Å²) < 4.78 is 48.9. The summed E-state index contributed by atoms with van der Waals surface area (Å²) in [5.74, 6) is 0.103. The van der Waals surface area contributed by atoms with Crippen molar-refractivity contribution in [3.8, 4) is 17.2 Å². The van der Waals surface area contributed by atoms with Crippen molar-refractivity contribution in [2.24, 2.45) is 0 Å². The molecule has 0 aliphatic carbocycles. The zero-order valence-electron chi connectivity index (χ0n) is 13.7. The van der Waals surface area contributed by atoms with Crippen molar-refractivity contribution >= 4 is 17.6 Å². The van der Waals surface area contributed by atoms with Crippen molar-refractivity contribution < 1.29 is 32.5 Å². The van der Waals surface area contributed by atoms with E-state index in [2.05, 4.69) is 0 Å². The van der Waals surface area contributed by atoms with Crippen LogP contribution in [0.4, 0.5) is 13.2 Å². The molecular weight excluding hydrogens is 373 g/mol. The standard InChI is InChI=1S/C18H16ClF3O4/c1-11(2-9-17(23)24)25-13-4-6-14(7-5-13)26-16-8-3-12(10-15(16)19)18(20,21)22/h3-8,10-11H,2,9H2,1H3,(H,23,24). The summed E-state index contributed by atoms with van der Waals surface area (Å²) in [6.45, 7) is 1.76. The fourth-order valence-electron chi connectivity index (χ4n) is 2.09. The van der Waals surface area contributed by atoms with Gasteiger partial charge in [-0.3, -0.25) is 4.79 Å². The van der Waals surface area contributed by atoms with E-state index in [0.29, 0.717) is 17.9 Å². The summed E-state index contributed by atoms with van der Waals surface area (Å²) >= 11 is 5.85. The van der Waals surface area contributed by atoms with Gasteiger partial charge in [-0.2, -0.15) is 13.2 Å². The van der Waals surface area contributed by atoms with Gasteiger partial charge >= 0.3 is 12.1 Å². The van der Waals surface area contributed by atoms with Gasteiger partial charge in [0.1, 0.15) is 17.2 Å². The third-order valence-corrected chi connectivity index (χ3v) is 3.71. The van der Waals surface area contributed by atoms with E-state index < -0.39 is 17.7 Å². The zero-order chi connectivity index (χ0) is 19.3. The molecular formula is C18H16ClF3O4. The molecule has 2 rings (SSSR count). The van der Waals surface area contributed by atoms with Gasteiger partial charge in [0, 0.05) is 6.42 Å². The van der Waals surface area contributed by atoms with E-state index in [1.54, 1.807) is 31.2 Å². The molecule has 0 saturated carbocycles. The van der Waals surface area contributed by atoms with Gasteiger partial charge < -0.3 is 14.6 Å². The first kappa shape index (κ1) is 19.9. The van der Waals surface area contributed by atoms with Crippen LogP contribution in [0.3, 0.4) is 0 Å². The van der Waals surface area contributed by atoms with E-state index >= 15 is 0 Å². The van der Waals surface area contributed by atoms with Crippen molar-refractivity contribution in [1.82, 2.24) is 0 Å². The lowest BCUT2D eigenvalue weighted by atomic mass is 10.2. The third-order valence-electron chi connectivity index (χ3n) is 3.41. The molecule has 0 saturated heterocycles. The van der Waals surface area contributed by atoms with Gasteiger partial charge in [0.15, 0.2) is 0 Å². The van der Waals surface area contributed by atoms with E-state index in [-0.39, 0.29) is 23.3 Å². The van der Waals surface area contributed by atoms with Crippen molar-refractivity contribution in [3.63, 3.8) is 0 Å². The average Bonchev–Trinajstić information content (AvgIpc) is 2.55.